The van der Waals surface area contributed by atoms with E-state index in [1.54, 1.807) is 0 Å². The van der Waals surface area contributed by atoms with Crippen molar-refractivity contribution in [3.63, 3.8) is 0 Å². The average Bonchev–Trinajstić information content (AvgIpc) is 2.34. The van der Waals surface area contributed by atoms with Crippen molar-refractivity contribution in [2.45, 2.75) is 26.3 Å². The molecule has 0 aromatic heterocycles. The van der Waals surface area contributed by atoms with Gasteiger partial charge < -0.3 is 16.4 Å². The fourth-order valence-electron chi connectivity index (χ4n) is 1.50. The van der Waals surface area contributed by atoms with Crippen LogP contribution in [0.2, 0.25) is 10.0 Å². The smallest absolute Gasteiger partial charge is 0.251 e. The first kappa shape index (κ1) is 16.6. The molecule has 20 heavy (non-hydrogen) atoms. The monoisotopic (exact) mass is 317 g/mol. The number of carbonyl (C=O) groups is 2. The van der Waals surface area contributed by atoms with E-state index in [2.05, 4.69) is 10.6 Å². The molecule has 110 valence electrons. The molecule has 0 fully saturated rings. The Morgan fingerprint density at radius 2 is 1.80 bits per heavy atom. The molecule has 0 aliphatic heterocycles. The molecule has 0 unspecified atom stereocenters. The van der Waals surface area contributed by atoms with E-state index in [9.17, 15) is 9.59 Å². The maximum absolute atomic E-state index is 11.9. The summed E-state index contributed by atoms with van der Waals surface area (Å²) < 4.78 is 0. The minimum Gasteiger partial charge on any atom is -0.396 e. The van der Waals surface area contributed by atoms with E-state index >= 15 is 0 Å². The molecule has 0 spiro atoms. The quantitative estimate of drug-likeness (QED) is 0.728. The zero-order valence-electron chi connectivity index (χ0n) is 11.3. The van der Waals surface area contributed by atoms with Crippen LogP contribution in [0.3, 0.4) is 0 Å². The lowest BCUT2D eigenvalue weighted by atomic mass is 10.2. The molecule has 0 aliphatic carbocycles. The number of benzene rings is 1. The molecule has 1 aromatic rings. The summed E-state index contributed by atoms with van der Waals surface area (Å²) in [5.41, 5.74) is 6.13. The lowest BCUT2D eigenvalue weighted by Gasteiger charge is -2.10. The summed E-state index contributed by atoms with van der Waals surface area (Å²) in [5.74, 6) is -0.472. The highest BCUT2D eigenvalue weighted by molar-refractivity contribution is 6.39. The Labute approximate surface area is 127 Å². The number of halogens is 2. The van der Waals surface area contributed by atoms with Gasteiger partial charge in [-0.25, -0.2) is 0 Å². The van der Waals surface area contributed by atoms with Gasteiger partial charge in [0.15, 0.2) is 0 Å². The van der Waals surface area contributed by atoms with E-state index in [4.69, 9.17) is 28.9 Å². The molecular formula is C13H17Cl2N3O2. The minimum atomic E-state index is -0.355. The van der Waals surface area contributed by atoms with Gasteiger partial charge in [0.2, 0.25) is 5.91 Å². The van der Waals surface area contributed by atoms with Crippen molar-refractivity contribution in [1.82, 2.24) is 10.6 Å². The standard InChI is InChI=1S/C13H17Cl2N3O2/c1-7(2)18-11(19)3-4-17-13(20)8-5-9(14)12(16)10(15)6-8/h5-7H,3-4,16H2,1-2H3,(H,17,20)(H,18,19). The fraction of sp³-hybridized carbons (Fsp3) is 0.385. The second kappa shape index (κ2) is 7.36. The summed E-state index contributed by atoms with van der Waals surface area (Å²) in [5, 5.41) is 5.80. The Bertz CT molecular complexity index is 495. The Balaban J connectivity index is 2.54. The molecular weight excluding hydrogens is 301 g/mol. The Kier molecular flexibility index (Phi) is 6.10. The van der Waals surface area contributed by atoms with E-state index in [1.165, 1.54) is 12.1 Å². The summed E-state index contributed by atoms with van der Waals surface area (Å²) in [6.45, 7) is 3.97. The predicted molar refractivity (Wildman–Crippen MR) is 81.1 cm³/mol. The molecule has 0 atom stereocenters. The normalized spacial score (nSPS) is 10.4. The highest BCUT2D eigenvalue weighted by atomic mass is 35.5. The number of hydrogen-bond acceptors (Lipinski definition) is 3. The molecule has 0 saturated heterocycles. The second-order valence-electron chi connectivity index (χ2n) is 4.58. The number of carbonyl (C=O) groups excluding carboxylic acids is 2. The molecule has 5 nitrogen and oxygen atoms in total. The lowest BCUT2D eigenvalue weighted by Crippen LogP contribution is -2.34. The average molecular weight is 318 g/mol. The largest absolute Gasteiger partial charge is 0.396 e. The van der Waals surface area contributed by atoms with E-state index in [0.717, 1.165) is 0 Å². The van der Waals surface area contributed by atoms with Crippen LogP contribution in [0, 0.1) is 0 Å². The Hall–Kier alpha value is -1.46. The van der Waals surface area contributed by atoms with Gasteiger partial charge in [-0.3, -0.25) is 9.59 Å². The maximum Gasteiger partial charge on any atom is 0.251 e. The number of nitrogen functional groups attached to an aromatic ring is 1. The molecule has 7 heteroatoms. The van der Waals surface area contributed by atoms with Crippen LogP contribution in [0.4, 0.5) is 5.69 Å². The van der Waals surface area contributed by atoms with Crippen molar-refractivity contribution in [2.75, 3.05) is 12.3 Å². The zero-order chi connectivity index (χ0) is 15.3. The Morgan fingerprint density at radius 1 is 1.25 bits per heavy atom. The summed E-state index contributed by atoms with van der Waals surface area (Å²) in [6.07, 6.45) is 0.209. The number of rotatable bonds is 5. The molecule has 1 rings (SSSR count). The molecule has 4 N–H and O–H groups in total. The minimum absolute atomic E-state index is 0.0768. The van der Waals surface area contributed by atoms with Crippen molar-refractivity contribution in [3.8, 4) is 0 Å². The van der Waals surface area contributed by atoms with E-state index in [1.807, 2.05) is 13.8 Å². The van der Waals surface area contributed by atoms with Crippen LogP contribution >= 0.6 is 23.2 Å². The zero-order valence-corrected chi connectivity index (χ0v) is 12.8. The second-order valence-corrected chi connectivity index (χ2v) is 5.40. The maximum atomic E-state index is 11.9. The van der Waals surface area contributed by atoms with E-state index in [0.29, 0.717) is 5.56 Å². The first-order valence-electron chi connectivity index (χ1n) is 6.13. The van der Waals surface area contributed by atoms with Gasteiger partial charge in [-0.15, -0.1) is 0 Å². The van der Waals surface area contributed by atoms with Crippen LogP contribution < -0.4 is 16.4 Å². The predicted octanol–water partition coefficient (Wildman–Crippen LogP) is 2.22. The van der Waals surface area contributed by atoms with Crippen LogP contribution in [0.25, 0.3) is 0 Å². The molecule has 2 amide bonds. The van der Waals surface area contributed by atoms with Gasteiger partial charge in [0.05, 0.1) is 15.7 Å². The lowest BCUT2D eigenvalue weighted by molar-refractivity contribution is -0.121. The van der Waals surface area contributed by atoms with Crippen LogP contribution in [0.15, 0.2) is 12.1 Å². The van der Waals surface area contributed by atoms with Crippen LogP contribution in [-0.4, -0.2) is 24.4 Å². The summed E-state index contributed by atoms with van der Waals surface area (Å²) in [7, 11) is 0. The van der Waals surface area contributed by atoms with Crippen molar-refractivity contribution < 1.29 is 9.59 Å². The third-order valence-electron chi connectivity index (χ3n) is 2.43. The van der Waals surface area contributed by atoms with Gasteiger partial charge in [0, 0.05) is 24.6 Å². The van der Waals surface area contributed by atoms with Crippen molar-refractivity contribution in [1.29, 1.82) is 0 Å². The molecule has 0 aliphatic rings. The van der Waals surface area contributed by atoms with Crippen LogP contribution in [-0.2, 0) is 4.79 Å². The number of anilines is 1. The van der Waals surface area contributed by atoms with Crippen molar-refractivity contribution >= 4 is 40.7 Å². The number of amides is 2. The molecule has 0 heterocycles. The third kappa shape index (κ3) is 4.90. The number of nitrogens with one attached hydrogen (secondary N) is 2. The van der Waals surface area contributed by atoms with Gasteiger partial charge in [0.1, 0.15) is 0 Å². The molecule has 0 radical (unpaired) electrons. The van der Waals surface area contributed by atoms with Gasteiger partial charge in [-0.05, 0) is 26.0 Å². The molecule has 0 bridgehead atoms. The Morgan fingerprint density at radius 3 is 2.30 bits per heavy atom. The van der Waals surface area contributed by atoms with Gasteiger partial charge in [-0.1, -0.05) is 23.2 Å². The van der Waals surface area contributed by atoms with Crippen molar-refractivity contribution in [2.24, 2.45) is 0 Å². The van der Waals surface area contributed by atoms with Gasteiger partial charge in [0.25, 0.3) is 5.91 Å². The third-order valence-corrected chi connectivity index (χ3v) is 3.05. The summed E-state index contributed by atoms with van der Waals surface area (Å²) >= 11 is 11.7. The first-order chi connectivity index (χ1) is 9.31. The SMILES string of the molecule is CC(C)NC(=O)CCNC(=O)c1cc(Cl)c(N)c(Cl)c1. The summed E-state index contributed by atoms with van der Waals surface area (Å²) in [6, 6.07) is 2.95. The first-order valence-corrected chi connectivity index (χ1v) is 6.89. The highest BCUT2D eigenvalue weighted by Gasteiger charge is 2.11. The van der Waals surface area contributed by atoms with Crippen LogP contribution in [0.1, 0.15) is 30.6 Å². The van der Waals surface area contributed by atoms with E-state index in [-0.39, 0.29) is 46.6 Å². The van der Waals surface area contributed by atoms with Gasteiger partial charge in [-0.2, -0.15) is 0 Å². The highest BCUT2D eigenvalue weighted by Crippen LogP contribution is 2.28. The van der Waals surface area contributed by atoms with Crippen LogP contribution in [0.5, 0.6) is 0 Å². The number of hydrogen-bond donors (Lipinski definition) is 3. The van der Waals surface area contributed by atoms with Gasteiger partial charge >= 0.3 is 0 Å². The molecule has 1 aromatic carbocycles. The number of nitrogens with two attached hydrogens (primary N) is 1. The van der Waals surface area contributed by atoms with E-state index < -0.39 is 0 Å². The molecule has 0 saturated carbocycles. The fourth-order valence-corrected chi connectivity index (χ4v) is 1.99. The topological polar surface area (TPSA) is 84.2 Å². The summed E-state index contributed by atoms with van der Waals surface area (Å²) in [4.78, 5) is 23.3. The van der Waals surface area contributed by atoms with Crippen molar-refractivity contribution in [3.05, 3.63) is 27.7 Å².